The van der Waals surface area contributed by atoms with Crippen LogP contribution in [0.25, 0.3) is 0 Å². The summed E-state index contributed by atoms with van der Waals surface area (Å²) in [5.41, 5.74) is 2.33. The van der Waals surface area contributed by atoms with Crippen LogP contribution in [0.1, 0.15) is 37.8 Å². The molecule has 0 saturated heterocycles. The minimum Gasteiger partial charge on any atom is -0.490 e. The van der Waals surface area contributed by atoms with Gasteiger partial charge >= 0.3 is 0 Å². The highest BCUT2D eigenvalue weighted by Gasteiger charge is 2.24. The van der Waals surface area contributed by atoms with E-state index in [9.17, 15) is 0 Å². The third-order valence-electron chi connectivity index (χ3n) is 4.63. The summed E-state index contributed by atoms with van der Waals surface area (Å²) in [6, 6.07) is 8.46. The fourth-order valence-electron chi connectivity index (χ4n) is 2.65. The molecule has 0 aliphatic rings. The number of benzene rings is 2. The Morgan fingerprint density at radius 1 is 0.688 bits per heavy atom. The summed E-state index contributed by atoms with van der Waals surface area (Å²) in [4.78, 5) is 0. The zero-order valence-corrected chi connectivity index (χ0v) is 30.2. The maximum atomic E-state index is 6.07. The normalized spacial score (nSPS) is 16.2. The molecule has 2 rings (SSSR count). The van der Waals surface area contributed by atoms with Gasteiger partial charge in [0, 0.05) is 16.6 Å². The molecule has 2 unspecified atom stereocenters. The number of ether oxygens (including phenoxy) is 2. The molecule has 2 nitrogen and oxygen atoms in total. The minimum absolute atomic E-state index is 0.138. The van der Waals surface area contributed by atoms with Crippen LogP contribution in [0.15, 0.2) is 42.2 Å². The van der Waals surface area contributed by atoms with Crippen LogP contribution in [-0.2, 0) is 0 Å². The van der Waals surface area contributed by atoms with Crippen molar-refractivity contribution in [1.82, 2.24) is 0 Å². The Morgan fingerprint density at radius 2 is 0.969 bits per heavy atom. The molecule has 0 aliphatic carbocycles. The van der Waals surface area contributed by atoms with Gasteiger partial charge in [-0.1, -0.05) is 70.6 Å². The topological polar surface area (TPSA) is 18.5 Å². The van der Waals surface area contributed by atoms with E-state index >= 15 is 0 Å². The highest BCUT2D eigenvalue weighted by molar-refractivity contribution is 9.13. The van der Waals surface area contributed by atoms with E-state index in [0.29, 0.717) is 13.2 Å². The van der Waals surface area contributed by atoms with Gasteiger partial charge in [0.05, 0.1) is 26.5 Å². The van der Waals surface area contributed by atoms with Gasteiger partial charge in [0.1, 0.15) is 24.7 Å². The molecule has 0 radical (unpaired) electrons. The molecule has 2 aromatic carbocycles. The van der Waals surface area contributed by atoms with Gasteiger partial charge in [-0.2, -0.15) is 0 Å². The molecule has 0 aliphatic heterocycles. The minimum atomic E-state index is -0.138. The Balaban J connectivity index is 2.26. The Bertz CT molecular complexity index is 824. The van der Waals surface area contributed by atoms with Gasteiger partial charge in [-0.3, -0.25) is 0 Å². The Kier molecular flexibility index (Phi) is 12.1. The monoisotopic (exact) mass is 950 g/mol. The molecule has 0 saturated carbocycles. The van der Waals surface area contributed by atoms with Crippen LogP contribution in [0, 0.1) is 0 Å². The molecule has 0 spiro atoms. The van der Waals surface area contributed by atoms with Crippen LogP contribution in [0.3, 0.4) is 0 Å². The number of rotatable bonds is 10. The van der Waals surface area contributed by atoms with Crippen molar-refractivity contribution in [2.75, 3.05) is 23.9 Å². The Morgan fingerprint density at radius 3 is 1.22 bits per heavy atom. The van der Waals surface area contributed by atoms with E-state index in [0.717, 1.165) is 51.2 Å². The van der Waals surface area contributed by atoms with Crippen molar-refractivity contribution in [2.24, 2.45) is 0 Å². The number of hydrogen-bond donors (Lipinski definition) is 0. The van der Waals surface area contributed by atoms with Crippen molar-refractivity contribution in [3.05, 3.63) is 53.3 Å². The van der Waals surface area contributed by atoms with Crippen LogP contribution in [0.2, 0.25) is 0 Å². The first-order chi connectivity index (χ1) is 14.8. The number of alkyl halides is 4. The second kappa shape index (κ2) is 12.9. The van der Waals surface area contributed by atoms with Crippen molar-refractivity contribution in [2.45, 2.75) is 35.3 Å². The van der Waals surface area contributed by atoms with Gasteiger partial charge in [-0.25, -0.2) is 0 Å². The molecule has 0 bridgehead atoms. The summed E-state index contributed by atoms with van der Waals surface area (Å²) in [7, 11) is 0. The van der Waals surface area contributed by atoms with Gasteiger partial charge < -0.3 is 9.47 Å². The highest BCUT2D eigenvalue weighted by Crippen LogP contribution is 2.42. The summed E-state index contributed by atoms with van der Waals surface area (Å²) in [5.74, 6) is 1.75. The lowest BCUT2D eigenvalue weighted by atomic mass is 9.93. The molecule has 0 aromatic heterocycles. The summed E-state index contributed by atoms with van der Waals surface area (Å²) in [6.07, 6.45) is 0. The molecule has 10 heteroatoms. The molecule has 2 atom stereocenters. The highest BCUT2D eigenvalue weighted by atomic mass is 79.9. The van der Waals surface area contributed by atoms with Crippen molar-refractivity contribution in [1.29, 1.82) is 0 Å². The van der Waals surface area contributed by atoms with Crippen molar-refractivity contribution in [3.63, 3.8) is 0 Å². The van der Waals surface area contributed by atoms with Crippen LogP contribution < -0.4 is 9.47 Å². The first-order valence-corrected chi connectivity index (χ1v) is 16.5. The molecule has 0 amide bonds. The van der Waals surface area contributed by atoms with Crippen molar-refractivity contribution < 1.29 is 9.47 Å². The molecule has 0 N–H and O–H groups in total. The SMILES string of the molecule is CC(c1cc(Br)c(OCC(C)(Br)CBr)c(Br)c1)c1cc(Br)c(OCC(C)(Br)CBr)c(Br)c1. The molecular weight excluding hydrogens is 935 g/mol. The second-order valence-electron chi connectivity index (χ2n) is 8.02. The lowest BCUT2D eigenvalue weighted by Crippen LogP contribution is -2.27. The average Bonchev–Trinajstić information content (AvgIpc) is 2.71. The molecule has 0 heterocycles. The zero-order valence-electron chi connectivity index (χ0n) is 17.6. The Hall–Kier alpha value is 1.88. The lowest BCUT2D eigenvalue weighted by molar-refractivity contribution is 0.289. The van der Waals surface area contributed by atoms with E-state index in [1.54, 1.807) is 0 Å². The molecule has 2 aromatic rings. The van der Waals surface area contributed by atoms with Gasteiger partial charge in [-0.15, -0.1) is 0 Å². The molecule has 0 fully saturated rings. The summed E-state index contributed by atoms with van der Waals surface area (Å²) >= 11 is 29.1. The first-order valence-electron chi connectivity index (χ1n) is 9.53. The van der Waals surface area contributed by atoms with Gasteiger partial charge in [0.2, 0.25) is 0 Å². The van der Waals surface area contributed by atoms with Gasteiger partial charge in [0.15, 0.2) is 0 Å². The maximum Gasteiger partial charge on any atom is 0.147 e. The number of hydrogen-bond acceptors (Lipinski definition) is 2. The summed E-state index contributed by atoms with van der Waals surface area (Å²) in [6.45, 7) is 7.43. The standard InChI is InChI=1S/C22H22Br8O2/c1-12(13-4-15(25)19(16(26)5-13)31-10-21(2,29)8-23)14-6-17(27)20(18(28)7-14)32-11-22(3,30)9-24/h4-7,12H,8-11H2,1-3H3. The fraction of sp³-hybridized carbons (Fsp3) is 0.455. The van der Waals surface area contributed by atoms with E-state index < -0.39 is 0 Å². The third-order valence-corrected chi connectivity index (χ3v) is 12.0. The van der Waals surface area contributed by atoms with E-state index in [1.807, 2.05) is 0 Å². The van der Waals surface area contributed by atoms with E-state index in [2.05, 4.69) is 172 Å². The largest absolute Gasteiger partial charge is 0.490 e. The van der Waals surface area contributed by atoms with E-state index in [-0.39, 0.29) is 14.6 Å². The van der Waals surface area contributed by atoms with Crippen LogP contribution in [0.4, 0.5) is 0 Å². The number of halogens is 8. The molecular formula is C22H22Br8O2. The van der Waals surface area contributed by atoms with Crippen LogP contribution in [-0.4, -0.2) is 32.5 Å². The predicted octanol–water partition coefficient (Wildman–Crippen LogP) is 10.7. The average molecular weight is 958 g/mol. The van der Waals surface area contributed by atoms with E-state index in [1.165, 1.54) is 0 Å². The fourth-order valence-corrected chi connectivity index (χ4v) is 6.10. The lowest BCUT2D eigenvalue weighted by Gasteiger charge is -2.23. The summed E-state index contributed by atoms with van der Waals surface area (Å²) < 4.78 is 15.5. The quantitative estimate of drug-likeness (QED) is 0.221. The zero-order chi connectivity index (χ0) is 24.3. The Labute approximate surface area is 257 Å². The second-order valence-corrected chi connectivity index (χ2v) is 16.4. The summed E-state index contributed by atoms with van der Waals surface area (Å²) in [5, 5.41) is 1.58. The molecule has 178 valence electrons. The smallest absolute Gasteiger partial charge is 0.147 e. The third kappa shape index (κ3) is 8.48. The first kappa shape index (κ1) is 30.1. The van der Waals surface area contributed by atoms with Crippen molar-refractivity contribution in [3.8, 4) is 11.5 Å². The molecule has 32 heavy (non-hydrogen) atoms. The van der Waals surface area contributed by atoms with Crippen LogP contribution in [0.5, 0.6) is 11.5 Å². The van der Waals surface area contributed by atoms with Crippen molar-refractivity contribution >= 4 is 127 Å². The van der Waals surface area contributed by atoms with E-state index in [4.69, 9.17) is 9.47 Å². The maximum absolute atomic E-state index is 6.07. The van der Waals surface area contributed by atoms with Gasteiger partial charge in [-0.05, 0) is 113 Å². The van der Waals surface area contributed by atoms with Gasteiger partial charge in [0.25, 0.3) is 0 Å². The predicted molar refractivity (Wildman–Crippen MR) is 164 cm³/mol. The van der Waals surface area contributed by atoms with Crippen LogP contribution >= 0.6 is 127 Å².